The Bertz CT molecular complexity index is 721. The molecule has 2 aliphatic rings. The van der Waals surface area contributed by atoms with Gasteiger partial charge >= 0.3 is 0 Å². The summed E-state index contributed by atoms with van der Waals surface area (Å²) in [5, 5.41) is 12.3. The predicted octanol–water partition coefficient (Wildman–Crippen LogP) is 3.53. The third kappa shape index (κ3) is 2.09. The topological polar surface area (TPSA) is 41.8 Å². The van der Waals surface area contributed by atoms with Crippen LogP contribution in [0.1, 0.15) is 34.6 Å². The highest BCUT2D eigenvalue weighted by molar-refractivity contribution is 6.04. The highest BCUT2D eigenvalue weighted by Gasteiger charge is 2.26. The van der Waals surface area contributed by atoms with Crippen molar-refractivity contribution in [2.45, 2.75) is 25.2 Å². The molecule has 2 aromatic carbocycles. The van der Waals surface area contributed by atoms with E-state index < -0.39 is 0 Å². The highest BCUT2D eigenvalue weighted by Crippen LogP contribution is 2.35. The molecule has 0 heterocycles. The molecule has 0 amide bonds. The molecule has 3 nitrogen and oxygen atoms in total. The number of hydrogen-bond acceptors (Lipinski definition) is 3. The Morgan fingerprint density at radius 1 is 1.10 bits per heavy atom. The number of ether oxygens (including phenoxy) is 1. The van der Waals surface area contributed by atoms with Gasteiger partial charge < -0.3 is 9.94 Å². The second-order valence-electron chi connectivity index (χ2n) is 5.78. The fourth-order valence-electron chi connectivity index (χ4n) is 3.35. The molecule has 0 bridgehead atoms. The van der Waals surface area contributed by atoms with Gasteiger partial charge in [0.05, 0.1) is 12.3 Å². The zero-order valence-corrected chi connectivity index (χ0v) is 11.7. The third-order valence-electron chi connectivity index (χ3n) is 4.55. The first-order valence-electron chi connectivity index (χ1n) is 7.40. The molecular weight excluding hydrogens is 262 g/mol. The molecule has 0 aliphatic heterocycles. The molecule has 4 rings (SSSR count). The van der Waals surface area contributed by atoms with Crippen molar-refractivity contribution in [2.24, 2.45) is 5.16 Å². The monoisotopic (exact) mass is 279 g/mol. The van der Waals surface area contributed by atoms with E-state index in [-0.39, 0.29) is 0 Å². The summed E-state index contributed by atoms with van der Waals surface area (Å²) in [5.74, 6) is 1.43. The van der Waals surface area contributed by atoms with Crippen LogP contribution in [0.2, 0.25) is 0 Å². The Morgan fingerprint density at radius 3 is 2.86 bits per heavy atom. The number of benzene rings is 2. The van der Waals surface area contributed by atoms with Gasteiger partial charge in [-0.25, -0.2) is 0 Å². The van der Waals surface area contributed by atoms with Gasteiger partial charge in [0.25, 0.3) is 0 Å². The molecule has 0 spiro atoms. The first-order valence-corrected chi connectivity index (χ1v) is 7.40. The van der Waals surface area contributed by atoms with Crippen LogP contribution in [0.15, 0.2) is 47.6 Å². The van der Waals surface area contributed by atoms with E-state index in [0.29, 0.717) is 5.92 Å². The molecule has 2 aromatic rings. The highest BCUT2D eigenvalue weighted by atomic mass is 16.5. The Labute approximate surface area is 123 Å². The number of rotatable bonds is 3. The van der Waals surface area contributed by atoms with Gasteiger partial charge in [0, 0.05) is 11.5 Å². The molecule has 21 heavy (non-hydrogen) atoms. The van der Waals surface area contributed by atoms with Crippen LogP contribution in [-0.2, 0) is 12.8 Å². The van der Waals surface area contributed by atoms with Crippen molar-refractivity contribution in [1.82, 2.24) is 0 Å². The van der Waals surface area contributed by atoms with Gasteiger partial charge in [0.1, 0.15) is 5.75 Å². The van der Waals surface area contributed by atoms with Gasteiger partial charge in [-0.1, -0.05) is 29.4 Å². The molecule has 0 aromatic heterocycles. The molecule has 3 heteroatoms. The van der Waals surface area contributed by atoms with Crippen LogP contribution in [0.25, 0.3) is 0 Å². The Kier molecular flexibility index (Phi) is 2.92. The minimum absolute atomic E-state index is 0.518. The predicted molar refractivity (Wildman–Crippen MR) is 81.5 cm³/mol. The lowest BCUT2D eigenvalue weighted by Gasteiger charge is -2.29. The van der Waals surface area contributed by atoms with Crippen LogP contribution in [0.4, 0.5) is 0 Å². The van der Waals surface area contributed by atoms with E-state index in [4.69, 9.17) is 9.94 Å². The summed E-state index contributed by atoms with van der Waals surface area (Å²) in [6.07, 6.45) is 2.85. The summed E-state index contributed by atoms with van der Waals surface area (Å²) in [6.45, 7) is 0.733. The van der Waals surface area contributed by atoms with Crippen molar-refractivity contribution < 1.29 is 9.94 Å². The minimum atomic E-state index is 0.518. The van der Waals surface area contributed by atoms with E-state index in [1.165, 1.54) is 16.7 Å². The summed E-state index contributed by atoms with van der Waals surface area (Å²) in [6, 6.07) is 14.6. The number of nitrogens with zero attached hydrogens (tertiary/aromatic N) is 1. The van der Waals surface area contributed by atoms with Gasteiger partial charge in [0.15, 0.2) is 0 Å². The van der Waals surface area contributed by atoms with Gasteiger partial charge in [0.2, 0.25) is 0 Å². The van der Waals surface area contributed by atoms with Crippen LogP contribution in [-0.4, -0.2) is 17.5 Å². The van der Waals surface area contributed by atoms with Gasteiger partial charge in [-0.15, -0.1) is 0 Å². The standard InChI is InChI=1S/C18H17NO2/c20-19-18-8-5-13-10-15(6-7-17(13)18)21-11-14-9-12-3-1-2-4-16(12)14/h1-4,6-7,10,14,20H,5,8-9,11H2/b19-18-. The van der Waals surface area contributed by atoms with Crippen molar-refractivity contribution in [1.29, 1.82) is 0 Å². The summed E-state index contributed by atoms with van der Waals surface area (Å²) in [5.41, 5.74) is 5.93. The quantitative estimate of drug-likeness (QED) is 0.690. The van der Waals surface area contributed by atoms with E-state index in [9.17, 15) is 0 Å². The molecule has 106 valence electrons. The maximum absolute atomic E-state index is 8.95. The van der Waals surface area contributed by atoms with Crippen molar-refractivity contribution in [2.75, 3.05) is 6.61 Å². The van der Waals surface area contributed by atoms with Crippen LogP contribution in [0, 0.1) is 0 Å². The second-order valence-corrected chi connectivity index (χ2v) is 5.78. The number of fused-ring (bicyclic) bond motifs is 2. The average molecular weight is 279 g/mol. The molecule has 0 radical (unpaired) electrons. The van der Waals surface area contributed by atoms with E-state index in [1.807, 2.05) is 12.1 Å². The fraction of sp³-hybridized carbons (Fsp3) is 0.278. The first kappa shape index (κ1) is 12.5. The molecule has 1 N–H and O–H groups in total. The van der Waals surface area contributed by atoms with Crippen LogP contribution >= 0.6 is 0 Å². The molecule has 0 saturated heterocycles. The molecule has 0 fully saturated rings. The molecule has 1 atom stereocenters. The molecule has 2 aliphatic carbocycles. The number of hydrogen-bond donors (Lipinski definition) is 1. The first-order chi connectivity index (χ1) is 10.3. The Balaban J connectivity index is 1.45. The second kappa shape index (κ2) is 4.92. The Hall–Kier alpha value is -2.29. The van der Waals surface area contributed by atoms with Crippen molar-refractivity contribution in [3.05, 3.63) is 64.7 Å². The molecule has 1 unspecified atom stereocenters. The van der Waals surface area contributed by atoms with Crippen molar-refractivity contribution >= 4 is 5.71 Å². The van der Waals surface area contributed by atoms with Gasteiger partial charge in [-0.05, 0) is 54.2 Å². The van der Waals surface area contributed by atoms with E-state index in [1.54, 1.807) is 0 Å². The lowest BCUT2D eigenvalue weighted by atomic mass is 9.78. The summed E-state index contributed by atoms with van der Waals surface area (Å²) in [7, 11) is 0. The summed E-state index contributed by atoms with van der Waals surface area (Å²) >= 11 is 0. The maximum Gasteiger partial charge on any atom is 0.119 e. The lowest BCUT2D eigenvalue weighted by Crippen LogP contribution is -2.23. The lowest BCUT2D eigenvalue weighted by molar-refractivity contribution is 0.275. The SMILES string of the molecule is O/N=C1/CCc2cc(OCC3Cc4ccccc43)ccc21. The van der Waals surface area contributed by atoms with E-state index >= 15 is 0 Å². The summed E-state index contributed by atoms with van der Waals surface area (Å²) < 4.78 is 5.96. The van der Waals surface area contributed by atoms with Crippen molar-refractivity contribution in [3.63, 3.8) is 0 Å². The number of aryl methyl sites for hydroxylation is 1. The normalized spacial score (nSPS) is 20.8. The minimum Gasteiger partial charge on any atom is -0.493 e. The largest absolute Gasteiger partial charge is 0.493 e. The van der Waals surface area contributed by atoms with Crippen molar-refractivity contribution in [3.8, 4) is 5.75 Å². The van der Waals surface area contributed by atoms with Gasteiger partial charge in [-0.3, -0.25) is 0 Å². The maximum atomic E-state index is 8.95. The number of oxime groups is 1. The van der Waals surface area contributed by atoms with Gasteiger partial charge in [-0.2, -0.15) is 0 Å². The zero-order valence-electron chi connectivity index (χ0n) is 11.7. The smallest absolute Gasteiger partial charge is 0.119 e. The average Bonchev–Trinajstić information content (AvgIpc) is 2.90. The fourth-order valence-corrected chi connectivity index (χ4v) is 3.35. The van der Waals surface area contributed by atoms with E-state index in [2.05, 4.69) is 35.5 Å². The Morgan fingerprint density at radius 2 is 2.00 bits per heavy atom. The van der Waals surface area contributed by atoms with Crippen LogP contribution in [0.3, 0.4) is 0 Å². The zero-order chi connectivity index (χ0) is 14.2. The van der Waals surface area contributed by atoms with Crippen LogP contribution in [0.5, 0.6) is 5.75 Å². The van der Waals surface area contributed by atoms with Crippen LogP contribution < -0.4 is 4.74 Å². The molecule has 0 saturated carbocycles. The molecular formula is C18H17NO2. The summed E-state index contributed by atoms with van der Waals surface area (Å²) in [4.78, 5) is 0. The third-order valence-corrected chi connectivity index (χ3v) is 4.55. The van der Waals surface area contributed by atoms with E-state index in [0.717, 1.165) is 42.9 Å².